The molecule has 2 bridgehead atoms. The van der Waals surface area contributed by atoms with E-state index in [1.807, 2.05) is 11.8 Å². The van der Waals surface area contributed by atoms with Crippen LogP contribution in [0.4, 0.5) is 0 Å². The molecule has 1 spiro atoms. The second-order valence-electron chi connectivity index (χ2n) is 5.02. The molecule has 0 aromatic heterocycles. The Hall–Kier alpha value is 0.230. The molecule has 3 fully saturated rings. The second kappa shape index (κ2) is 4.16. The van der Waals surface area contributed by atoms with E-state index in [1.54, 1.807) is 0 Å². The zero-order valence-corrected chi connectivity index (χ0v) is 10.9. The summed E-state index contributed by atoms with van der Waals surface area (Å²) in [5, 5.41) is 0. The first kappa shape index (κ1) is 11.3. The van der Waals surface area contributed by atoms with Crippen molar-refractivity contribution in [3.05, 3.63) is 0 Å². The lowest BCUT2D eigenvalue weighted by molar-refractivity contribution is -0.287. The van der Waals surface area contributed by atoms with Crippen molar-refractivity contribution >= 4 is 11.8 Å². The molecule has 0 aromatic rings. The standard InChI is InChI=1S/C12H21NO2S/c1-16-11-5-2-3-7-13(8-4-6-11)12(11)14-9-10-15-12/h2-10H2,1H3. The summed E-state index contributed by atoms with van der Waals surface area (Å²) < 4.78 is 12.4. The van der Waals surface area contributed by atoms with Gasteiger partial charge in [-0.3, -0.25) is 4.90 Å². The largest absolute Gasteiger partial charge is 0.334 e. The molecule has 3 aliphatic heterocycles. The third-order valence-corrected chi connectivity index (χ3v) is 5.78. The van der Waals surface area contributed by atoms with E-state index in [1.165, 1.54) is 32.1 Å². The van der Waals surface area contributed by atoms with Gasteiger partial charge in [0.2, 0.25) is 5.91 Å². The van der Waals surface area contributed by atoms with Crippen molar-refractivity contribution in [1.29, 1.82) is 0 Å². The Morgan fingerprint density at radius 3 is 2.44 bits per heavy atom. The SMILES string of the molecule is CSC12CCCCN(CCC1)C21OCCO1. The van der Waals surface area contributed by atoms with Crippen molar-refractivity contribution in [1.82, 2.24) is 4.90 Å². The highest BCUT2D eigenvalue weighted by atomic mass is 32.2. The van der Waals surface area contributed by atoms with Crippen LogP contribution in [-0.2, 0) is 9.47 Å². The van der Waals surface area contributed by atoms with Crippen LogP contribution in [-0.4, -0.2) is 48.1 Å². The van der Waals surface area contributed by atoms with E-state index in [0.29, 0.717) is 0 Å². The number of piperidine rings is 1. The van der Waals surface area contributed by atoms with Gasteiger partial charge in [0.25, 0.3) is 0 Å². The topological polar surface area (TPSA) is 21.7 Å². The van der Waals surface area contributed by atoms with Gasteiger partial charge in [0.15, 0.2) is 0 Å². The highest BCUT2D eigenvalue weighted by Crippen LogP contribution is 2.53. The van der Waals surface area contributed by atoms with E-state index in [2.05, 4.69) is 11.2 Å². The molecule has 0 amide bonds. The van der Waals surface area contributed by atoms with E-state index in [0.717, 1.165) is 26.3 Å². The fourth-order valence-corrected chi connectivity index (χ4v) is 4.79. The molecule has 16 heavy (non-hydrogen) atoms. The monoisotopic (exact) mass is 243 g/mol. The minimum atomic E-state index is -0.388. The molecule has 3 nitrogen and oxygen atoms in total. The van der Waals surface area contributed by atoms with E-state index < -0.39 is 0 Å². The molecule has 92 valence electrons. The molecule has 3 aliphatic rings. The number of hydrogen-bond donors (Lipinski definition) is 0. The van der Waals surface area contributed by atoms with Gasteiger partial charge in [-0.1, -0.05) is 6.42 Å². The van der Waals surface area contributed by atoms with Crippen molar-refractivity contribution in [2.45, 2.75) is 42.8 Å². The van der Waals surface area contributed by atoms with E-state index in [4.69, 9.17) is 9.47 Å². The van der Waals surface area contributed by atoms with Crippen LogP contribution in [0, 0.1) is 0 Å². The molecular formula is C12H21NO2S. The quantitative estimate of drug-likeness (QED) is 0.703. The molecule has 0 N–H and O–H groups in total. The number of thioether (sulfide) groups is 1. The Morgan fingerprint density at radius 1 is 1.00 bits per heavy atom. The van der Waals surface area contributed by atoms with Crippen LogP contribution in [0.25, 0.3) is 0 Å². The molecule has 3 rings (SSSR count). The summed E-state index contributed by atoms with van der Waals surface area (Å²) in [6.07, 6.45) is 8.59. The lowest BCUT2D eigenvalue weighted by Crippen LogP contribution is -2.65. The zero-order chi connectivity index (χ0) is 11.1. The Balaban J connectivity index is 2.01. The predicted molar refractivity (Wildman–Crippen MR) is 65.5 cm³/mol. The third kappa shape index (κ3) is 1.40. The first-order valence-electron chi connectivity index (χ1n) is 6.41. The minimum absolute atomic E-state index is 0.179. The van der Waals surface area contributed by atoms with Gasteiger partial charge in [-0.15, -0.1) is 0 Å². The minimum Gasteiger partial charge on any atom is -0.334 e. The van der Waals surface area contributed by atoms with Gasteiger partial charge in [0.05, 0.1) is 18.0 Å². The van der Waals surface area contributed by atoms with Crippen LogP contribution in [0.1, 0.15) is 32.1 Å². The smallest absolute Gasteiger partial charge is 0.245 e. The van der Waals surface area contributed by atoms with Gasteiger partial charge in [-0.25, -0.2) is 0 Å². The third-order valence-electron chi connectivity index (χ3n) is 4.33. The summed E-state index contributed by atoms with van der Waals surface area (Å²) in [6.45, 7) is 3.81. The van der Waals surface area contributed by atoms with Crippen molar-refractivity contribution in [2.75, 3.05) is 32.6 Å². The second-order valence-corrected chi connectivity index (χ2v) is 6.21. The maximum atomic E-state index is 6.11. The van der Waals surface area contributed by atoms with Crippen LogP contribution < -0.4 is 0 Å². The molecule has 0 aliphatic carbocycles. The number of nitrogens with zero attached hydrogens (tertiary/aromatic N) is 1. The fourth-order valence-electron chi connectivity index (χ4n) is 3.58. The lowest BCUT2D eigenvalue weighted by Gasteiger charge is -2.53. The Morgan fingerprint density at radius 2 is 1.69 bits per heavy atom. The fraction of sp³-hybridized carbons (Fsp3) is 1.00. The van der Waals surface area contributed by atoms with Gasteiger partial charge >= 0.3 is 0 Å². The molecule has 0 radical (unpaired) electrons. The summed E-state index contributed by atoms with van der Waals surface area (Å²) in [5.74, 6) is -0.388. The normalized spacial score (nSPS) is 42.2. The number of hydrogen-bond acceptors (Lipinski definition) is 4. The van der Waals surface area contributed by atoms with Crippen molar-refractivity contribution in [3.63, 3.8) is 0 Å². The summed E-state index contributed by atoms with van der Waals surface area (Å²) in [6, 6.07) is 0. The molecule has 0 aromatic carbocycles. The molecule has 2 unspecified atom stereocenters. The highest BCUT2D eigenvalue weighted by molar-refractivity contribution is 8.00. The highest BCUT2D eigenvalue weighted by Gasteiger charge is 2.61. The summed E-state index contributed by atoms with van der Waals surface area (Å²) in [5.41, 5.74) is 0. The van der Waals surface area contributed by atoms with Crippen molar-refractivity contribution < 1.29 is 9.47 Å². The summed E-state index contributed by atoms with van der Waals surface area (Å²) >= 11 is 1.97. The van der Waals surface area contributed by atoms with Crippen molar-refractivity contribution in [2.24, 2.45) is 0 Å². The van der Waals surface area contributed by atoms with Crippen LogP contribution in [0.2, 0.25) is 0 Å². The first-order valence-corrected chi connectivity index (χ1v) is 7.64. The molecule has 2 atom stereocenters. The predicted octanol–water partition coefficient (Wildman–Crippen LogP) is 2.07. The van der Waals surface area contributed by atoms with E-state index in [-0.39, 0.29) is 10.7 Å². The van der Waals surface area contributed by atoms with Gasteiger partial charge in [-0.2, -0.15) is 11.8 Å². The average molecular weight is 243 g/mol. The molecule has 4 heteroatoms. The Labute approximate surface area is 102 Å². The maximum Gasteiger partial charge on any atom is 0.245 e. The van der Waals surface area contributed by atoms with Gasteiger partial charge in [0.1, 0.15) is 0 Å². The van der Waals surface area contributed by atoms with Crippen LogP contribution in [0.5, 0.6) is 0 Å². The molecule has 3 heterocycles. The first-order chi connectivity index (χ1) is 7.83. The van der Waals surface area contributed by atoms with Gasteiger partial charge in [0, 0.05) is 13.1 Å². The number of rotatable bonds is 1. The molecule has 3 saturated heterocycles. The Bertz CT molecular complexity index is 268. The van der Waals surface area contributed by atoms with Crippen LogP contribution in [0.3, 0.4) is 0 Å². The van der Waals surface area contributed by atoms with Crippen molar-refractivity contribution in [3.8, 4) is 0 Å². The van der Waals surface area contributed by atoms with Gasteiger partial charge < -0.3 is 9.47 Å². The summed E-state index contributed by atoms with van der Waals surface area (Å²) in [4.78, 5) is 2.47. The van der Waals surface area contributed by atoms with Crippen LogP contribution >= 0.6 is 11.8 Å². The van der Waals surface area contributed by atoms with Crippen LogP contribution in [0.15, 0.2) is 0 Å². The van der Waals surface area contributed by atoms with Gasteiger partial charge in [-0.05, 0) is 31.9 Å². The molecular weight excluding hydrogens is 222 g/mol. The van der Waals surface area contributed by atoms with E-state index in [9.17, 15) is 0 Å². The van der Waals surface area contributed by atoms with E-state index >= 15 is 0 Å². The number of ether oxygens (including phenoxy) is 2. The average Bonchev–Trinajstić information content (AvgIpc) is 2.76. The zero-order valence-electron chi connectivity index (χ0n) is 10.0. The molecule has 0 saturated carbocycles. The summed E-state index contributed by atoms with van der Waals surface area (Å²) in [7, 11) is 0. The lowest BCUT2D eigenvalue weighted by atomic mass is 9.89. The maximum absolute atomic E-state index is 6.11. The Kier molecular flexibility index (Phi) is 2.94.